The fourth-order valence-corrected chi connectivity index (χ4v) is 1.53. The number of amides is 1. The Kier molecular flexibility index (Phi) is 5.29. The van der Waals surface area contributed by atoms with Gasteiger partial charge in [-0.05, 0) is 31.0 Å². The SMILES string of the molecule is CC[C@@H](Cl)C(=O)N[C@H](C)c1ccc(OC)cc1. The van der Waals surface area contributed by atoms with Crippen LogP contribution in [-0.2, 0) is 4.79 Å². The van der Waals surface area contributed by atoms with E-state index in [4.69, 9.17) is 16.3 Å². The number of methoxy groups -OCH3 is 1. The van der Waals surface area contributed by atoms with Gasteiger partial charge < -0.3 is 10.1 Å². The quantitative estimate of drug-likeness (QED) is 0.822. The van der Waals surface area contributed by atoms with Crippen LogP contribution in [0.15, 0.2) is 24.3 Å². The van der Waals surface area contributed by atoms with Crippen LogP contribution in [0.2, 0.25) is 0 Å². The fraction of sp³-hybridized carbons (Fsp3) is 0.462. The molecular weight excluding hydrogens is 238 g/mol. The van der Waals surface area contributed by atoms with Crippen molar-refractivity contribution in [2.45, 2.75) is 31.7 Å². The van der Waals surface area contributed by atoms with Gasteiger partial charge in [0.25, 0.3) is 0 Å². The van der Waals surface area contributed by atoms with Gasteiger partial charge in [-0.15, -0.1) is 11.6 Å². The van der Waals surface area contributed by atoms with Gasteiger partial charge in [0.05, 0.1) is 13.2 Å². The van der Waals surface area contributed by atoms with Gasteiger partial charge >= 0.3 is 0 Å². The zero-order chi connectivity index (χ0) is 12.8. The van der Waals surface area contributed by atoms with Crippen LogP contribution in [0.3, 0.4) is 0 Å². The molecule has 0 spiro atoms. The molecule has 17 heavy (non-hydrogen) atoms. The number of hydrogen-bond acceptors (Lipinski definition) is 2. The number of benzene rings is 1. The first-order chi connectivity index (χ1) is 8.08. The lowest BCUT2D eigenvalue weighted by molar-refractivity contribution is -0.121. The summed E-state index contributed by atoms with van der Waals surface area (Å²) >= 11 is 5.86. The number of carbonyl (C=O) groups excluding carboxylic acids is 1. The van der Waals surface area contributed by atoms with Crippen LogP contribution in [0.4, 0.5) is 0 Å². The molecule has 1 amide bonds. The Bertz CT molecular complexity index is 364. The molecule has 0 aromatic heterocycles. The zero-order valence-electron chi connectivity index (χ0n) is 10.4. The van der Waals surface area contributed by atoms with Gasteiger partial charge in [0.2, 0.25) is 5.91 Å². The summed E-state index contributed by atoms with van der Waals surface area (Å²) < 4.78 is 5.08. The van der Waals surface area contributed by atoms with E-state index in [-0.39, 0.29) is 11.9 Å². The van der Waals surface area contributed by atoms with Crippen molar-refractivity contribution in [2.75, 3.05) is 7.11 Å². The van der Waals surface area contributed by atoms with Crippen molar-refractivity contribution >= 4 is 17.5 Å². The van der Waals surface area contributed by atoms with E-state index < -0.39 is 5.38 Å². The summed E-state index contributed by atoms with van der Waals surface area (Å²) in [6.45, 7) is 3.81. The molecule has 0 aliphatic carbocycles. The molecule has 0 heterocycles. The van der Waals surface area contributed by atoms with Crippen LogP contribution < -0.4 is 10.1 Å². The summed E-state index contributed by atoms with van der Waals surface area (Å²) in [5.41, 5.74) is 1.03. The van der Waals surface area contributed by atoms with Gasteiger partial charge in [0, 0.05) is 0 Å². The van der Waals surface area contributed by atoms with Crippen molar-refractivity contribution in [2.24, 2.45) is 0 Å². The third kappa shape index (κ3) is 3.93. The van der Waals surface area contributed by atoms with E-state index in [9.17, 15) is 4.79 Å². The molecule has 0 radical (unpaired) electrons. The molecule has 4 heteroatoms. The summed E-state index contributed by atoms with van der Waals surface area (Å²) in [5.74, 6) is 0.675. The van der Waals surface area contributed by atoms with Crippen LogP contribution in [0, 0.1) is 0 Å². The lowest BCUT2D eigenvalue weighted by atomic mass is 10.1. The monoisotopic (exact) mass is 255 g/mol. The molecule has 2 atom stereocenters. The Balaban J connectivity index is 2.63. The van der Waals surface area contributed by atoms with Crippen molar-refractivity contribution in [3.8, 4) is 5.75 Å². The summed E-state index contributed by atoms with van der Waals surface area (Å²) in [5, 5.41) is 2.41. The van der Waals surface area contributed by atoms with Gasteiger partial charge in [-0.2, -0.15) is 0 Å². The summed E-state index contributed by atoms with van der Waals surface area (Å²) in [7, 11) is 1.62. The van der Waals surface area contributed by atoms with Crippen LogP contribution >= 0.6 is 11.6 Å². The number of carbonyl (C=O) groups is 1. The largest absolute Gasteiger partial charge is 0.497 e. The summed E-state index contributed by atoms with van der Waals surface area (Å²) in [6.07, 6.45) is 0.628. The van der Waals surface area contributed by atoms with Crippen molar-refractivity contribution in [1.82, 2.24) is 5.32 Å². The number of nitrogens with one attached hydrogen (secondary N) is 1. The normalized spacial score (nSPS) is 13.9. The molecule has 1 rings (SSSR count). The van der Waals surface area contributed by atoms with Crippen molar-refractivity contribution in [1.29, 1.82) is 0 Å². The van der Waals surface area contributed by atoms with E-state index in [0.29, 0.717) is 6.42 Å². The Morgan fingerprint density at radius 3 is 2.47 bits per heavy atom. The summed E-state index contributed by atoms with van der Waals surface area (Å²) in [6, 6.07) is 7.55. The van der Waals surface area contributed by atoms with Crippen LogP contribution in [0.5, 0.6) is 5.75 Å². The van der Waals surface area contributed by atoms with E-state index in [0.717, 1.165) is 11.3 Å². The average molecular weight is 256 g/mol. The highest BCUT2D eigenvalue weighted by Gasteiger charge is 2.15. The molecule has 0 aliphatic heterocycles. The highest BCUT2D eigenvalue weighted by atomic mass is 35.5. The maximum absolute atomic E-state index is 11.6. The first kappa shape index (κ1) is 13.8. The van der Waals surface area contributed by atoms with E-state index in [2.05, 4.69) is 5.32 Å². The second-order valence-corrected chi connectivity index (χ2v) is 4.41. The summed E-state index contributed by atoms with van der Waals surface area (Å²) in [4.78, 5) is 11.6. The minimum Gasteiger partial charge on any atom is -0.497 e. The van der Waals surface area contributed by atoms with E-state index >= 15 is 0 Å². The lowest BCUT2D eigenvalue weighted by Gasteiger charge is -2.16. The molecular formula is C13H18ClNO2. The van der Waals surface area contributed by atoms with E-state index in [1.165, 1.54) is 0 Å². The topological polar surface area (TPSA) is 38.3 Å². The second kappa shape index (κ2) is 6.50. The Morgan fingerprint density at radius 2 is 2.00 bits per heavy atom. The highest BCUT2D eigenvalue weighted by Crippen LogP contribution is 2.17. The smallest absolute Gasteiger partial charge is 0.238 e. The fourth-order valence-electron chi connectivity index (χ4n) is 1.47. The Labute approximate surface area is 107 Å². The van der Waals surface area contributed by atoms with Gasteiger partial charge in [0.1, 0.15) is 11.1 Å². The third-order valence-electron chi connectivity index (χ3n) is 2.62. The van der Waals surface area contributed by atoms with Crippen molar-refractivity contribution in [3.05, 3.63) is 29.8 Å². The first-order valence-electron chi connectivity index (χ1n) is 5.66. The molecule has 94 valence electrons. The molecule has 1 aromatic carbocycles. The number of hydrogen-bond donors (Lipinski definition) is 1. The molecule has 0 unspecified atom stereocenters. The Hall–Kier alpha value is -1.22. The van der Waals surface area contributed by atoms with Crippen LogP contribution in [-0.4, -0.2) is 18.4 Å². The zero-order valence-corrected chi connectivity index (χ0v) is 11.1. The van der Waals surface area contributed by atoms with Crippen LogP contribution in [0.25, 0.3) is 0 Å². The standard InChI is InChI=1S/C13H18ClNO2/c1-4-12(14)13(16)15-9(2)10-5-7-11(17-3)8-6-10/h5-9,12H,4H2,1-3H3,(H,15,16)/t9-,12-/m1/s1. The van der Waals surface area contributed by atoms with Crippen molar-refractivity contribution in [3.63, 3.8) is 0 Å². The van der Waals surface area contributed by atoms with Crippen molar-refractivity contribution < 1.29 is 9.53 Å². The molecule has 0 aliphatic rings. The number of halogens is 1. The van der Waals surface area contributed by atoms with Gasteiger partial charge in [-0.1, -0.05) is 19.1 Å². The molecule has 0 bridgehead atoms. The molecule has 0 saturated carbocycles. The van der Waals surface area contributed by atoms with E-state index in [1.807, 2.05) is 38.1 Å². The maximum Gasteiger partial charge on any atom is 0.238 e. The third-order valence-corrected chi connectivity index (χ3v) is 3.12. The number of rotatable bonds is 5. The second-order valence-electron chi connectivity index (χ2n) is 3.88. The molecule has 1 aromatic rings. The molecule has 1 N–H and O–H groups in total. The lowest BCUT2D eigenvalue weighted by Crippen LogP contribution is -2.33. The number of alkyl halides is 1. The van der Waals surface area contributed by atoms with Gasteiger partial charge in [0.15, 0.2) is 0 Å². The minimum absolute atomic E-state index is 0.0544. The highest BCUT2D eigenvalue weighted by molar-refractivity contribution is 6.30. The van der Waals surface area contributed by atoms with Gasteiger partial charge in [-0.25, -0.2) is 0 Å². The Morgan fingerprint density at radius 1 is 1.41 bits per heavy atom. The predicted molar refractivity (Wildman–Crippen MR) is 69.5 cm³/mol. The molecule has 0 fully saturated rings. The first-order valence-corrected chi connectivity index (χ1v) is 6.10. The van der Waals surface area contributed by atoms with Crippen LogP contribution in [0.1, 0.15) is 31.9 Å². The van der Waals surface area contributed by atoms with Gasteiger partial charge in [-0.3, -0.25) is 4.79 Å². The number of ether oxygens (including phenoxy) is 1. The minimum atomic E-state index is -0.462. The predicted octanol–water partition coefficient (Wildman–Crippen LogP) is 2.89. The molecule has 3 nitrogen and oxygen atoms in total. The molecule has 0 saturated heterocycles. The van der Waals surface area contributed by atoms with E-state index in [1.54, 1.807) is 7.11 Å². The maximum atomic E-state index is 11.6. The average Bonchev–Trinajstić information content (AvgIpc) is 2.37.